The molecule has 4 nitrogen and oxygen atoms in total. The zero-order valence-electron chi connectivity index (χ0n) is 8.66. The summed E-state index contributed by atoms with van der Waals surface area (Å²) in [5.74, 6) is -0.605. The van der Waals surface area contributed by atoms with Crippen LogP contribution in [0, 0.1) is 11.3 Å². The Kier molecular flexibility index (Phi) is 4.15. The van der Waals surface area contributed by atoms with Gasteiger partial charge in [0.25, 0.3) is 0 Å². The van der Waals surface area contributed by atoms with Crippen LogP contribution >= 0.6 is 11.6 Å². The Balaban J connectivity index is 3.00. The molecule has 0 heterocycles. The minimum atomic E-state index is -0.430. The summed E-state index contributed by atoms with van der Waals surface area (Å²) in [6, 6.07) is 4.51. The van der Waals surface area contributed by atoms with Gasteiger partial charge in [0.2, 0.25) is 0 Å². The second-order valence-corrected chi connectivity index (χ2v) is 3.46. The molecule has 0 atom stereocenters. The minimum Gasteiger partial charge on any atom is -0.506 e. The van der Waals surface area contributed by atoms with Crippen LogP contribution in [0.1, 0.15) is 18.1 Å². The summed E-state index contributed by atoms with van der Waals surface area (Å²) in [5.41, 5.74) is 0.665. The second-order valence-electron chi connectivity index (χ2n) is 3.05. The number of hydrogen-bond acceptors (Lipinski definition) is 4. The Bertz CT molecular complexity index is 451. The first kappa shape index (κ1) is 12.3. The zero-order chi connectivity index (χ0) is 12.1. The molecular weight excluding hydrogens is 230 g/mol. The van der Waals surface area contributed by atoms with Crippen molar-refractivity contribution in [1.82, 2.24) is 0 Å². The Morgan fingerprint density at radius 1 is 1.62 bits per heavy atom. The van der Waals surface area contributed by atoms with E-state index in [9.17, 15) is 9.90 Å². The summed E-state index contributed by atoms with van der Waals surface area (Å²) in [4.78, 5) is 11.2. The number of hydrogen-bond donors (Lipinski definition) is 1. The molecule has 0 spiro atoms. The smallest absolute Gasteiger partial charge is 0.310 e. The van der Waals surface area contributed by atoms with Crippen molar-refractivity contribution in [3.63, 3.8) is 0 Å². The summed E-state index contributed by atoms with van der Waals surface area (Å²) in [5, 5.41) is 18.2. The van der Waals surface area contributed by atoms with Gasteiger partial charge in [-0.1, -0.05) is 11.6 Å². The van der Waals surface area contributed by atoms with Crippen LogP contribution in [-0.2, 0) is 16.0 Å². The molecule has 1 aromatic carbocycles. The maximum Gasteiger partial charge on any atom is 0.310 e. The van der Waals surface area contributed by atoms with E-state index >= 15 is 0 Å². The molecule has 0 aromatic heterocycles. The molecule has 0 fully saturated rings. The largest absolute Gasteiger partial charge is 0.506 e. The van der Waals surface area contributed by atoms with Gasteiger partial charge in [0.15, 0.2) is 0 Å². The van der Waals surface area contributed by atoms with Crippen LogP contribution in [-0.4, -0.2) is 17.7 Å². The molecule has 0 unspecified atom stereocenters. The quantitative estimate of drug-likeness (QED) is 0.820. The highest BCUT2D eigenvalue weighted by Crippen LogP contribution is 2.27. The van der Waals surface area contributed by atoms with E-state index < -0.39 is 5.97 Å². The number of benzene rings is 1. The van der Waals surface area contributed by atoms with E-state index in [1.54, 1.807) is 6.92 Å². The molecule has 16 heavy (non-hydrogen) atoms. The van der Waals surface area contributed by atoms with E-state index in [1.807, 2.05) is 6.07 Å². The lowest BCUT2D eigenvalue weighted by Gasteiger charge is -2.05. The van der Waals surface area contributed by atoms with Gasteiger partial charge in [0, 0.05) is 0 Å². The van der Waals surface area contributed by atoms with Crippen LogP contribution in [0.25, 0.3) is 0 Å². The molecule has 0 aliphatic heterocycles. The number of phenolic OH excluding ortho intramolecular Hbond substituents is 1. The van der Waals surface area contributed by atoms with Crippen molar-refractivity contribution in [1.29, 1.82) is 5.26 Å². The maximum atomic E-state index is 11.2. The highest BCUT2D eigenvalue weighted by molar-refractivity contribution is 6.32. The average molecular weight is 240 g/mol. The summed E-state index contributed by atoms with van der Waals surface area (Å²) < 4.78 is 4.76. The molecule has 0 amide bonds. The summed E-state index contributed by atoms with van der Waals surface area (Å²) >= 11 is 5.69. The molecule has 0 radical (unpaired) electrons. The normalized spacial score (nSPS) is 9.56. The van der Waals surface area contributed by atoms with E-state index in [4.69, 9.17) is 21.6 Å². The van der Waals surface area contributed by atoms with Gasteiger partial charge in [-0.2, -0.15) is 5.26 Å². The number of phenols is 1. The lowest BCUT2D eigenvalue weighted by Crippen LogP contribution is -2.08. The van der Waals surface area contributed by atoms with Crippen molar-refractivity contribution in [2.45, 2.75) is 13.3 Å². The SMILES string of the molecule is CCOC(=O)Cc1cc(Cl)c(O)cc1C#N. The molecule has 0 aliphatic carbocycles. The lowest BCUT2D eigenvalue weighted by atomic mass is 10.1. The van der Waals surface area contributed by atoms with Crippen molar-refractivity contribution in [2.24, 2.45) is 0 Å². The molecule has 1 aromatic rings. The fourth-order valence-corrected chi connectivity index (χ4v) is 1.41. The number of esters is 1. The molecule has 0 saturated carbocycles. The third-order valence-electron chi connectivity index (χ3n) is 1.93. The first-order chi connectivity index (χ1) is 7.58. The van der Waals surface area contributed by atoms with Crippen molar-refractivity contribution in [3.05, 3.63) is 28.3 Å². The van der Waals surface area contributed by atoms with Crippen LogP contribution < -0.4 is 0 Å². The molecule has 0 saturated heterocycles. The Labute approximate surface area is 98.0 Å². The third-order valence-corrected chi connectivity index (χ3v) is 2.24. The van der Waals surface area contributed by atoms with Gasteiger partial charge >= 0.3 is 5.97 Å². The van der Waals surface area contributed by atoms with Gasteiger partial charge in [-0.3, -0.25) is 4.79 Å². The number of nitrogens with zero attached hydrogens (tertiary/aromatic N) is 1. The number of halogens is 1. The third kappa shape index (κ3) is 2.88. The van der Waals surface area contributed by atoms with Crippen molar-refractivity contribution in [2.75, 3.05) is 6.61 Å². The first-order valence-electron chi connectivity index (χ1n) is 4.65. The minimum absolute atomic E-state index is 0.0310. The predicted molar refractivity (Wildman–Crippen MR) is 58.2 cm³/mol. The molecule has 0 bridgehead atoms. The monoisotopic (exact) mass is 239 g/mol. The highest BCUT2D eigenvalue weighted by atomic mass is 35.5. The van der Waals surface area contributed by atoms with E-state index in [1.165, 1.54) is 12.1 Å². The number of carbonyl (C=O) groups is 1. The second kappa shape index (κ2) is 5.38. The molecule has 1 rings (SSSR count). The molecular formula is C11H10ClNO3. The number of ether oxygens (including phenoxy) is 1. The van der Waals surface area contributed by atoms with Crippen molar-refractivity contribution < 1.29 is 14.6 Å². The standard InChI is InChI=1S/C11H10ClNO3/c1-2-16-11(15)5-7-3-9(12)10(14)4-8(7)6-13/h3-4,14H,2,5H2,1H3. The molecule has 1 N–H and O–H groups in total. The van der Waals surface area contributed by atoms with E-state index in [-0.39, 0.29) is 29.4 Å². The lowest BCUT2D eigenvalue weighted by molar-refractivity contribution is -0.142. The van der Waals surface area contributed by atoms with Crippen LogP contribution in [0.2, 0.25) is 5.02 Å². The Hall–Kier alpha value is -1.73. The predicted octanol–water partition coefficient (Wildman–Crippen LogP) is 2.02. The van der Waals surface area contributed by atoms with Crippen LogP contribution in [0.4, 0.5) is 0 Å². The molecule has 0 aliphatic rings. The van der Waals surface area contributed by atoms with Crippen LogP contribution in [0.3, 0.4) is 0 Å². The van der Waals surface area contributed by atoms with Crippen molar-refractivity contribution in [3.8, 4) is 11.8 Å². The topological polar surface area (TPSA) is 70.3 Å². The highest BCUT2D eigenvalue weighted by Gasteiger charge is 2.12. The first-order valence-corrected chi connectivity index (χ1v) is 5.03. The summed E-state index contributed by atoms with van der Waals surface area (Å²) in [6.07, 6.45) is -0.0310. The van der Waals surface area contributed by atoms with Gasteiger partial charge < -0.3 is 9.84 Å². The molecule has 84 valence electrons. The summed E-state index contributed by atoms with van der Waals surface area (Å²) in [6.45, 7) is 1.99. The van der Waals surface area contributed by atoms with Crippen LogP contribution in [0.15, 0.2) is 12.1 Å². The number of nitriles is 1. The van der Waals surface area contributed by atoms with E-state index in [2.05, 4.69) is 0 Å². The Morgan fingerprint density at radius 3 is 2.88 bits per heavy atom. The number of carbonyl (C=O) groups excluding carboxylic acids is 1. The molecule has 5 heteroatoms. The van der Waals surface area contributed by atoms with E-state index in [0.717, 1.165) is 0 Å². The average Bonchev–Trinajstić information content (AvgIpc) is 2.23. The van der Waals surface area contributed by atoms with Gasteiger partial charge in [-0.25, -0.2) is 0 Å². The Morgan fingerprint density at radius 2 is 2.31 bits per heavy atom. The van der Waals surface area contributed by atoms with Gasteiger partial charge in [0.05, 0.1) is 29.7 Å². The van der Waals surface area contributed by atoms with Gasteiger partial charge in [0.1, 0.15) is 5.75 Å². The fraction of sp³-hybridized carbons (Fsp3) is 0.273. The maximum absolute atomic E-state index is 11.2. The number of rotatable bonds is 3. The zero-order valence-corrected chi connectivity index (χ0v) is 9.41. The fourth-order valence-electron chi connectivity index (χ4n) is 1.22. The van der Waals surface area contributed by atoms with Crippen LogP contribution in [0.5, 0.6) is 5.75 Å². The summed E-state index contributed by atoms with van der Waals surface area (Å²) in [7, 11) is 0. The van der Waals surface area contributed by atoms with Crippen molar-refractivity contribution >= 4 is 17.6 Å². The number of aromatic hydroxyl groups is 1. The van der Waals surface area contributed by atoms with Gasteiger partial charge in [-0.05, 0) is 24.6 Å². The van der Waals surface area contributed by atoms with Gasteiger partial charge in [-0.15, -0.1) is 0 Å². The van der Waals surface area contributed by atoms with E-state index in [0.29, 0.717) is 5.56 Å².